The number of halogens is 5. The molecule has 5 heteroatoms. The molecule has 1 aliphatic carbocycles. The van der Waals surface area contributed by atoms with Crippen molar-refractivity contribution in [3.8, 4) is 0 Å². The van der Waals surface area contributed by atoms with Crippen LogP contribution in [0.5, 0.6) is 0 Å². The molecular formula is C22H21F5. The third-order valence-corrected chi connectivity index (χ3v) is 5.46. The molecule has 2 aromatic rings. The van der Waals surface area contributed by atoms with Crippen LogP contribution in [0.25, 0.3) is 0 Å². The summed E-state index contributed by atoms with van der Waals surface area (Å²) in [5.74, 6) is -5.45. The molecule has 0 bridgehead atoms. The van der Waals surface area contributed by atoms with Crippen LogP contribution in [0.1, 0.15) is 48.3 Å². The van der Waals surface area contributed by atoms with E-state index in [1.165, 1.54) is 6.07 Å². The SMILES string of the molecule is C=CC1CCC(c2ccc(CCc3cc(F)c(F)c(F)c3)c(F)c2F)CC1. The molecule has 0 N–H and O–H groups in total. The Morgan fingerprint density at radius 3 is 2.04 bits per heavy atom. The number of benzene rings is 2. The molecule has 2 aromatic carbocycles. The first-order valence-corrected chi connectivity index (χ1v) is 9.13. The second-order valence-corrected chi connectivity index (χ2v) is 7.16. The van der Waals surface area contributed by atoms with E-state index >= 15 is 0 Å². The van der Waals surface area contributed by atoms with Crippen LogP contribution in [-0.4, -0.2) is 0 Å². The maximum atomic E-state index is 14.6. The zero-order valence-corrected chi connectivity index (χ0v) is 14.9. The van der Waals surface area contributed by atoms with E-state index < -0.39 is 29.1 Å². The van der Waals surface area contributed by atoms with E-state index in [0.717, 1.165) is 37.8 Å². The normalized spacial score (nSPS) is 19.9. The molecule has 1 saturated carbocycles. The maximum Gasteiger partial charge on any atom is 0.194 e. The number of aryl methyl sites for hydroxylation is 2. The van der Waals surface area contributed by atoms with Crippen molar-refractivity contribution >= 4 is 0 Å². The van der Waals surface area contributed by atoms with Gasteiger partial charge >= 0.3 is 0 Å². The Balaban J connectivity index is 1.73. The summed E-state index contributed by atoms with van der Waals surface area (Å²) in [5.41, 5.74) is 0.719. The minimum absolute atomic E-state index is 0.00922. The van der Waals surface area contributed by atoms with E-state index in [2.05, 4.69) is 6.58 Å². The topological polar surface area (TPSA) is 0 Å². The van der Waals surface area contributed by atoms with Crippen LogP contribution in [0, 0.1) is 35.0 Å². The zero-order chi connectivity index (χ0) is 19.6. The first-order valence-electron chi connectivity index (χ1n) is 9.13. The van der Waals surface area contributed by atoms with Crippen LogP contribution in [0.3, 0.4) is 0 Å². The third kappa shape index (κ3) is 4.23. The molecule has 3 rings (SSSR count). The lowest BCUT2D eigenvalue weighted by Crippen LogP contribution is -2.14. The van der Waals surface area contributed by atoms with E-state index in [1.54, 1.807) is 6.07 Å². The first kappa shape index (κ1) is 19.6. The molecule has 27 heavy (non-hydrogen) atoms. The lowest BCUT2D eigenvalue weighted by molar-refractivity contribution is 0.363. The molecule has 0 atom stereocenters. The largest absolute Gasteiger partial charge is 0.204 e. The maximum absolute atomic E-state index is 14.6. The van der Waals surface area contributed by atoms with E-state index in [-0.39, 0.29) is 29.9 Å². The smallest absolute Gasteiger partial charge is 0.194 e. The van der Waals surface area contributed by atoms with Gasteiger partial charge in [0.25, 0.3) is 0 Å². The van der Waals surface area contributed by atoms with E-state index in [4.69, 9.17) is 0 Å². The van der Waals surface area contributed by atoms with Gasteiger partial charge in [-0.1, -0.05) is 18.2 Å². The average molecular weight is 380 g/mol. The van der Waals surface area contributed by atoms with Crippen LogP contribution in [-0.2, 0) is 12.8 Å². The molecular weight excluding hydrogens is 359 g/mol. The molecule has 0 heterocycles. The number of hydrogen-bond acceptors (Lipinski definition) is 0. The highest BCUT2D eigenvalue weighted by atomic mass is 19.2. The van der Waals surface area contributed by atoms with Gasteiger partial charge in [0, 0.05) is 0 Å². The molecule has 1 fully saturated rings. The Morgan fingerprint density at radius 2 is 1.44 bits per heavy atom. The average Bonchev–Trinajstić information content (AvgIpc) is 2.67. The fourth-order valence-corrected chi connectivity index (χ4v) is 3.81. The fraction of sp³-hybridized carbons (Fsp3) is 0.364. The highest BCUT2D eigenvalue weighted by Gasteiger charge is 2.25. The quantitative estimate of drug-likeness (QED) is 0.310. The van der Waals surface area contributed by atoms with Crippen molar-refractivity contribution in [2.45, 2.75) is 44.4 Å². The van der Waals surface area contributed by atoms with E-state index in [0.29, 0.717) is 11.5 Å². The van der Waals surface area contributed by atoms with Crippen molar-refractivity contribution in [1.29, 1.82) is 0 Å². The lowest BCUT2D eigenvalue weighted by atomic mass is 9.78. The van der Waals surface area contributed by atoms with Crippen molar-refractivity contribution in [2.24, 2.45) is 5.92 Å². The Hall–Kier alpha value is -2.17. The second-order valence-electron chi connectivity index (χ2n) is 7.16. The molecule has 1 aliphatic rings. The van der Waals surface area contributed by atoms with E-state index in [9.17, 15) is 22.0 Å². The molecule has 0 aliphatic heterocycles. The summed E-state index contributed by atoms with van der Waals surface area (Å²) in [6.07, 6.45) is 5.47. The Kier molecular flexibility index (Phi) is 5.98. The minimum Gasteiger partial charge on any atom is -0.204 e. The first-order chi connectivity index (χ1) is 12.9. The Morgan fingerprint density at radius 1 is 0.815 bits per heavy atom. The molecule has 0 aromatic heterocycles. The standard InChI is InChI=1S/C22H21F5/c1-2-13-3-6-15(7-4-13)17-10-9-16(20(25)21(17)26)8-5-14-11-18(23)22(27)19(24)12-14/h2,9-13,15H,1,3-8H2. The molecule has 0 spiro atoms. The predicted molar refractivity (Wildman–Crippen MR) is 95.0 cm³/mol. The number of allylic oxidation sites excluding steroid dienone is 1. The predicted octanol–water partition coefficient (Wildman–Crippen LogP) is 6.63. The molecule has 0 saturated heterocycles. The van der Waals surface area contributed by atoms with Crippen LogP contribution < -0.4 is 0 Å². The van der Waals surface area contributed by atoms with Crippen molar-refractivity contribution in [3.05, 3.63) is 82.7 Å². The van der Waals surface area contributed by atoms with Crippen LogP contribution in [0.4, 0.5) is 22.0 Å². The summed E-state index contributed by atoms with van der Waals surface area (Å²) < 4.78 is 68.6. The Labute approximate surface area is 155 Å². The Bertz CT molecular complexity index is 812. The van der Waals surface area contributed by atoms with Crippen LogP contribution in [0.15, 0.2) is 36.9 Å². The van der Waals surface area contributed by atoms with Gasteiger partial charge in [0.2, 0.25) is 0 Å². The van der Waals surface area contributed by atoms with Gasteiger partial charge < -0.3 is 0 Å². The van der Waals surface area contributed by atoms with Gasteiger partial charge in [-0.15, -0.1) is 6.58 Å². The summed E-state index contributed by atoms with van der Waals surface area (Å²) in [5, 5.41) is 0. The van der Waals surface area contributed by atoms with Crippen molar-refractivity contribution in [1.82, 2.24) is 0 Å². The summed E-state index contributed by atoms with van der Waals surface area (Å²) >= 11 is 0. The van der Waals surface area contributed by atoms with Gasteiger partial charge in [-0.25, -0.2) is 22.0 Å². The summed E-state index contributed by atoms with van der Waals surface area (Å²) in [7, 11) is 0. The van der Waals surface area contributed by atoms with Gasteiger partial charge in [0.15, 0.2) is 29.1 Å². The second kappa shape index (κ2) is 8.24. The van der Waals surface area contributed by atoms with Gasteiger partial charge in [-0.05, 0) is 79.2 Å². The molecule has 0 amide bonds. The molecule has 0 unspecified atom stereocenters. The van der Waals surface area contributed by atoms with Gasteiger partial charge in [0.1, 0.15) is 0 Å². The van der Waals surface area contributed by atoms with Crippen LogP contribution in [0.2, 0.25) is 0 Å². The molecule has 144 valence electrons. The van der Waals surface area contributed by atoms with Crippen molar-refractivity contribution in [3.63, 3.8) is 0 Å². The van der Waals surface area contributed by atoms with Crippen molar-refractivity contribution < 1.29 is 22.0 Å². The monoisotopic (exact) mass is 380 g/mol. The van der Waals surface area contributed by atoms with Gasteiger partial charge in [0.05, 0.1) is 0 Å². The minimum atomic E-state index is -1.54. The van der Waals surface area contributed by atoms with Crippen LogP contribution >= 0.6 is 0 Å². The third-order valence-electron chi connectivity index (χ3n) is 5.46. The molecule has 0 radical (unpaired) electrons. The summed E-state index contributed by atoms with van der Waals surface area (Å²) in [4.78, 5) is 0. The number of hydrogen-bond donors (Lipinski definition) is 0. The fourth-order valence-electron chi connectivity index (χ4n) is 3.81. The summed E-state index contributed by atoms with van der Waals surface area (Å²) in [6.45, 7) is 3.78. The number of rotatable bonds is 5. The molecule has 0 nitrogen and oxygen atoms in total. The zero-order valence-electron chi connectivity index (χ0n) is 14.9. The van der Waals surface area contributed by atoms with Gasteiger partial charge in [-0.2, -0.15) is 0 Å². The lowest BCUT2D eigenvalue weighted by Gasteiger charge is -2.27. The highest BCUT2D eigenvalue weighted by molar-refractivity contribution is 5.30. The van der Waals surface area contributed by atoms with E-state index in [1.807, 2.05) is 6.08 Å². The highest BCUT2D eigenvalue weighted by Crippen LogP contribution is 2.38. The van der Waals surface area contributed by atoms with Crippen molar-refractivity contribution in [2.75, 3.05) is 0 Å². The summed E-state index contributed by atoms with van der Waals surface area (Å²) in [6, 6.07) is 4.89. The van der Waals surface area contributed by atoms with Gasteiger partial charge in [-0.3, -0.25) is 0 Å².